The van der Waals surface area contributed by atoms with E-state index in [2.05, 4.69) is 25.1 Å². The Bertz CT molecular complexity index is 137. The molecule has 2 unspecified atom stereocenters. The minimum absolute atomic E-state index is 0.0366. The van der Waals surface area contributed by atoms with Crippen molar-refractivity contribution in [1.82, 2.24) is 5.32 Å². The van der Waals surface area contributed by atoms with Crippen LogP contribution in [-0.2, 0) is 0 Å². The Labute approximate surface area is 69.0 Å². The Balaban J connectivity index is 3.80. The predicted octanol–water partition coefficient (Wildman–Crippen LogP) is 0.615. The molecule has 0 amide bonds. The molecule has 0 fully saturated rings. The smallest absolute Gasteiger partial charge is 0.0661 e. The zero-order chi connectivity index (χ0) is 8.85. The zero-order valence-electron chi connectivity index (χ0n) is 7.46. The first-order valence-corrected chi connectivity index (χ1v) is 3.94. The van der Waals surface area contributed by atoms with E-state index in [1.165, 1.54) is 0 Å². The molecular weight excluding hydrogens is 138 g/mol. The Morgan fingerprint density at radius 1 is 1.45 bits per heavy atom. The van der Waals surface area contributed by atoms with Crippen LogP contribution in [0.25, 0.3) is 0 Å². The van der Waals surface area contributed by atoms with E-state index in [0.717, 1.165) is 0 Å². The third-order valence-electron chi connectivity index (χ3n) is 1.72. The molecule has 11 heavy (non-hydrogen) atoms. The van der Waals surface area contributed by atoms with Crippen LogP contribution in [0.3, 0.4) is 0 Å². The van der Waals surface area contributed by atoms with Gasteiger partial charge in [-0.15, -0.1) is 6.42 Å². The fourth-order valence-electron chi connectivity index (χ4n) is 0.825. The number of aliphatic hydroxyl groups is 1. The van der Waals surface area contributed by atoms with E-state index in [1.54, 1.807) is 0 Å². The maximum atomic E-state index is 8.91. The Hall–Kier alpha value is -0.520. The lowest BCUT2D eigenvalue weighted by atomic mass is 10.0. The van der Waals surface area contributed by atoms with E-state index in [0.29, 0.717) is 5.92 Å². The van der Waals surface area contributed by atoms with Crippen LogP contribution in [0.1, 0.15) is 20.8 Å². The second-order valence-corrected chi connectivity index (χ2v) is 3.09. The zero-order valence-corrected chi connectivity index (χ0v) is 7.46. The van der Waals surface area contributed by atoms with Gasteiger partial charge in [0.1, 0.15) is 0 Å². The monoisotopic (exact) mass is 155 g/mol. The summed E-state index contributed by atoms with van der Waals surface area (Å²) in [7, 11) is 0. The minimum atomic E-state index is 0.0366. The normalized spacial score (nSPS) is 16.0. The first-order chi connectivity index (χ1) is 5.11. The van der Waals surface area contributed by atoms with Gasteiger partial charge in [0.05, 0.1) is 12.6 Å². The van der Waals surface area contributed by atoms with Gasteiger partial charge in [-0.05, 0) is 12.8 Å². The average molecular weight is 155 g/mol. The number of rotatable bonds is 4. The molecule has 0 saturated heterocycles. The quantitative estimate of drug-likeness (QED) is 0.583. The van der Waals surface area contributed by atoms with Gasteiger partial charge in [0.2, 0.25) is 0 Å². The third kappa shape index (κ3) is 4.02. The number of hydrogen-bond acceptors (Lipinski definition) is 2. The molecule has 0 rings (SSSR count). The lowest BCUT2D eigenvalue weighted by molar-refractivity contribution is 0.207. The molecule has 2 heteroatoms. The van der Waals surface area contributed by atoms with Crippen LogP contribution in [0.2, 0.25) is 0 Å². The van der Waals surface area contributed by atoms with Crippen LogP contribution in [0.15, 0.2) is 0 Å². The van der Waals surface area contributed by atoms with Crippen LogP contribution in [-0.4, -0.2) is 23.8 Å². The molecule has 0 aromatic heterocycles. The highest BCUT2D eigenvalue weighted by Crippen LogP contribution is 2.00. The summed E-state index contributed by atoms with van der Waals surface area (Å²) in [6.07, 6.45) is 5.18. The predicted molar refractivity (Wildman–Crippen MR) is 47.1 cm³/mol. The topological polar surface area (TPSA) is 32.3 Å². The van der Waals surface area contributed by atoms with Crippen LogP contribution in [0, 0.1) is 18.3 Å². The first-order valence-electron chi connectivity index (χ1n) is 3.94. The average Bonchev–Trinajstić information content (AvgIpc) is 1.99. The van der Waals surface area contributed by atoms with Crippen LogP contribution in [0.4, 0.5) is 0 Å². The second-order valence-electron chi connectivity index (χ2n) is 3.09. The maximum absolute atomic E-state index is 8.91. The van der Waals surface area contributed by atoms with Gasteiger partial charge in [-0.1, -0.05) is 19.8 Å². The van der Waals surface area contributed by atoms with Gasteiger partial charge in [0, 0.05) is 6.04 Å². The van der Waals surface area contributed by atoms with E-state index >= 15 is 0 Å². The van der Waals surface area contributed by atoms with E-state index < -0.39 is 0 Å². The Morgan fingerprint density at radius 2 is 2.00 bits per heavy atom. The van der Waals surface area contributed by atoms with Crippen molar-refractivity contribution in [2.75, 3.05) is 6.61 Å². The van der Waals surface area contributed by atoms with Gasteiger partial charge in [-0.2, -0.15) is 0 Å². The highest BCUT2D eigenvalue weighted by Gasteiger charge is 2.12. The van der Waals surface area contributed by atoms with Gasteiger partial charge < -0.3 is 5.11 Å². The maximum Gasteiger partial charge on any atom is 0.0661 e. The first kappa shape index (κ1) is 10.5. The molecule has 0 aliphatic heterocycles. The fraction of sp³-hybridized carbons (Fsp3) is 0.778. The van der Waals surface area contributed by atoms with Crippen molar-refractivity contribution >= 4 is 0 Å². The Kier molecular flexibility index (Phi) is 4.93. The van der Waals surface area contributed by atoms with E-state index in [1.807, 2.05) is 6.92 Å². The molecule has 2 atom stereocenters. The van der Waals surface area contributed by atoms with Gasteiger partial charge in [-0.3, -0.25) is 5.32 Å². The molecule has 2 nitrogen and oxygen atoms in total. The molecule has 0 radical (unpaired) electrons. The molecule has 0 aliphatic rings. The molecule has 64 valence electrons. The fourth-order valence-corrected chi connectivity index (χ4v) is 0.825. The molecule has 0 bridgehead atoms. The van der Waals surface area contributed by atoms with Crippen LogP contribution in [0.5, 0.6) is 0 Å². The van der Waals surface area contributed by atoms with Crippen molar-refractivity contribution in [3.63, 3.8) is 0 Å². The number of terminal acetylenes is 1. The summed E-state index contributed by atoms with van der Waals surface area (Å²) in [5.41, 5.74) is 0. The number of nitrogens with one attached hydrogen (secondary N) is 1. The summed E-state index contributed by atoms with van der Waals surface area (Å²) in [5, 5.41) is 12.0. The summed E-state index contributed by atoms with van der Waals surface area (Å²) >= 11 is 0. The minimum Gasteiger partial charge on any atom is -0.395 e. The number of aliphatic hydroxyl groups excluding tert-OH is 1. The van der Waals surface area contributed by atoms with E-state index in [4.69, 9.17) is 11.5 Å². The molecule has 0 aromatic carbocycles. The van der Waals surface area contributed by atoms with Crippen molar-refractivity contribution in [1.29, 1.82) is 0 Å². The highest BCUT2D eigenvalue weighted by molar-refractivity contribution is 4.97. The van der Waals surface area contributed by atoms with Crippen molar-refractivity contribution in [3.05, 3.63) is 0 Å². The van der Waals surface area contributed by atoms with Gasteiger partial charge in [0.25, 0.3) is 0 Å². The van der Waals surface area contributed by atoms with Crippen molar-refractivity contribution < 1.29 is 5.11 Å². The molecule has 0 spiro atoms. The summed E-state index contributed by atoms with van der Waals surface area (Å²) in [5.74, 6) is 2.98. The number of hydrogen-bond donors (Lipinski definition) is 2. The van der Waals surface area contributed by atoms with Crippen molar-refractivity contribution in [2.45, 2.75) is 32.9 Å². The summed E-state index contributed by atoms with van der Waals surface area (Å²) in [4.78, 5) is 0. The lowest BCUT2D eigenvalue weighted by Gasteiger charge is -2.21. The third-order valence-corrected chi connectivity index (χ3v) is 1.72. The molecule has 0 heterocycles. The van der Waals surface area contributed by atoms with E-state index in [9.17, 15) is 0 Å². The SMILES string of the molecule is C#CC(C)NC(CO)C(C)C. The molecular formula is C9H17NO. The van der Waals surface area contributed by atoms with Gasteiger partial charge in [0.15, 0.2) is 0 Å². The molecule has 0 aliphatic carbocycles. The Morgan fingerprint density at radius 3 is 2.27 bits per heavy atom. The van der Waals surface area contributed by atoms with Gasteiger partial charge in [-0.25, -0.2) is 0 Å². The largest absolute Gasteiger partial charge is 0.395 e. The standard InChI is InChI=1S/C9H17NO/c1-5-8(4)10-9(6-11)7(2)3/h1,7-11H,6H2,2-4H3. The summed E-state index contributed by atoms with van der Waals surface area (Å²) in [6.45, 7) is 6.16. The van der Waals surface area contributed by atoms with Crippen LogP contribution < -0.4 is 5.32 Å². The van der Waals surface area contributed by atoms with Gasteiger partial charge >= 0.3 is 0 Å². The second kappa shape index (κ2) is 5.17. The molecule has 2 N–H and O–H groups in total. The summed E-state index contributed by atoms with van der Waals surface area (Å²) in [6, 6.07) is 0.149. The lowest BCUT2D eigenvalue weighted by Crippen LogP contribution is -2.41. The summed E-state index contributed by atoms with van der Waals surface area (Å²) < 4.78 is 0. The van der Waals surface area contributed by atoms with E-state index in [-0.39, 0.29) is 18.7 Å². The van der Waals surface area contributed by atoms with Crippen molar-refractivity contribution in [2.24, 2.45) is 5.92 Å². The van der Waals surface area contributed by atoms with Crippen LogP contribution >= 0.6 is 0 Å². The van der Waals surface area contributed by atoms with Crippen molar-refractivity contribution in [3.8, 4) is 12.3 Å². The molecule has 0 saturated carbocycles. The highest BCUT2D eigenvalue weighted by atomic mass is 16.3. The molecule has 0 aromatic rings.